The van der Waals surface area contributed by atoms with Crippen LogP contribution in [0.25, 0.3) is 0 Å². The molecule has 8 nitrogen and oxygen atoms in total. The van der Waals surface area contributed by atoms with Gasteiger partial charge in [0.1, 0.15) is 5.84 Å². The van der Waals surface area contributed by atoms with Crippen LogP contribution in [0.2, 0.25) is 0 Å². The summed E-state index contributed by atoms with van der Waals surface area (Å²) in [4.78, 5) is 27.5. The number of amidine groups is 2. The van der Waals surface area contributed by atoms with Crippen LogP contribution < -0.4 is 22.1 Å². The molecule has 0 aliphatic heterocycles. The van der Waals surface area contributed by atoms with E-state index in [0.29, 0.717) is 31.0 Å². The van der Waals surface area contributed by atoms with Gasteiger partial charge in [-0.05, 0) is 74.1 Å². The van der Waals surface area contributed by atoms with Gasteiger partial charge in [-0.1, -0.05) is 71.6 Å². The fourth-order valence-electron chi connectivity index (χ4n) is 6.34. The molecule has 0 saturated heterocycles. The largest absolute Gasteiger partial charge is 0.387 e. The molecule has 0 radical (unpaired) electrons. The van der Waals surface area contributed by atoms with Crippen LogP contribution in [0.4, 0.5) is 0 Å². The Morgan fingerprint density at radius 2 is 1.63 bits per heavy atom. The summed E-state index contributed by atoms with van der Waals surface area (Å²) in [6.07, 6.45) is 8.84. The Bertz CT molecular complexity index is 1230. The molecular weight excluding hydrogens is 580 g/mol. The van der Waals surface area contributed by atoms with E-state index in [2.05, 4.69) is 26.6 Å². The zero-order valence-electron chi connectivity index (χ0n) is 23.7. The lowest BCUT2D eigenvalue weighted by Gasteiger charge is -2.37. The van der Waals surface area contributed by atoms with Crippen molar-refractivity contribution in [1.29, 1.82) is 10.8 Å². The van der Waals surface area contributed by atoms with E-state index in [4.69, 9.17) is 22.3 Å². The van der Waals surface area contributed by atoms with E-state index in [9.17, 15) is 9.59 Å². The van der Waals surface area contributed by atoms with Crippen molar-refractivity contribution in [3.8, 4) is 0 Å². The van der Waals surface area contributed by atoms with Crippen LogP contribution in [0.3, 0.4) is 0 Å². The molecule has 41 heavy (non-hydrogen) atoms. The molecule has 2 aromatic carbocycles. The minimum absolute atomic E-state index is 0.0117. The summed E-state index contributed by atoms with van der Waals surface area (Å²) >= 11 is 3.54. The molecule has 4 rings (SSSR count). The van der Waals surface area contributed by atoms with E-state index < -0.39 is 11.3 Å². The molecule has 0 bridgehead atoms. The average Bonchev–Trinajstić information content (AvgIpc) is 2.98. The van der Waals surface area contributed by atoms with Crippen molar-refractivity contribution in [2.75, 3.05) is 13.1 Å². The van der Waals surface area contributed by atoms with Crippen LogP contribution in [0.1, 0.15) is 80.4 Å². The maximum Gasteiger partial charge on any atom is 0.228 e. The normalized spacial score (nSPS) is 20.9. The molecular formula is C32H43BrN6O2. The number of carbonyl (C=O) groups is 2. The lowest BCUT2D eigenvalue weighted by Crippen LogP contribution is -2.51. The van der Waals surface area contributed by atoms with Crippen LogP contribution in [-0.4, -0.2) is 36.6 Å². The molecule has 0 heterocycles. The number of halogens is 1. The summed E-state index contributed by atoms with van der Waals surface area (Å²) in [6.45, 7) is 0.957. The lowest BCUT2D eigenvalue weighted by molar-refractivity contribution is -0.134. The molecule has 0 aromatic heterocycles. The van der Waals surface area contributed by atoms with Crippen molar-refractivity contribution < 1.29 is 9.59 Å². The maximum absolute atomic E-state index is 13.8. The topological polar surface area (TPSA) is 158 Å². The van der Waals surface area contributed by atoms with Crippen LogP contribution in [0.15, 0.2) is 53.0 Å². The van der Waals surface area contributed by atoms with Gasteiger partial charge in [0.2, 0.25) is 11.8 Å². The summed E-state index contributed by atoms with van der Waals surface area (Å²) in [5.41, 5.74) is 13.2. The molecule has 2 aliphatic rings. The SMILES string of the molecule is N=C(N)c1ccc(C[C@H](C(=O)NCC2(C(=O)NCC3CCC(C(=N)N)CC3)CCCCC2)c2cccc(Br)c2)cc1. The zero-order valence-corrected chi connectivity index (χ0v) is 25.3. The second-order valence-corrected chi connectivity index (χ2v) is 12.8. The van der Waals surface area contributed by atoms with Crippen LogP contribution in [0, 0.1) is 28.1 Å². The quantitative estimate of drug-likeness (QED) is 0.154. The van der Waals surface area contributed by atoms with E-state index in [-0.39, 0.29) is 29.4 Å². The highest BCUT2D eigenvalue weighted by atomic mass is 79.9. The first-order valence-corrected chi connectivity index (χ1v) is 15.5. The first-order valence-electron chi connectivity index (χ1n) is 14.8. The molecule has 8 N–H and O–H groups in total. The van der Waals surface area contributed by atoms with Gasteiger partial charge in [0.15, 0.2) is 0 Å². The summed E-state index contributed by atoms with van der Waals surface area (Å²) in [7, 11) is 0. The number of benzene rings is 2. The van der Waals surface area contributed by atoms with Gasteiger partial charge in [-0.3, -0.25) is 20.4 Å². The van der Waals surface area contributed by atoms with Crippen molar-refractivity contribution in [2.24, 2.45) is 28.7 Å². The highest BCUT2D eigenvalue weighted by Gasteiger charge is 2.40. The number of carbonyl (C=O) groups excluding carboxylic acids is 2. The lowest BCUT2D eigenvalue weighted by atomic mass is 9.72. The molecule has 2 aromatic rings. The Labute approximate surface area is 251 Å². The van der Waals surface area contributed by atoms with Gasteiger partial charge >= 0.3 is 0 Å². The van der Waals surface area contributed by atoms with E-state index in [1.54, 1.807) is 0 Å². The summed E-state index contributed by atoms with van der Waals surface area (Å²) in [5, 5.41) is 21.8. The third-order valence-electron chi connectivity index (χ3n) is 9.00. The fraction of sp³-hybridized carbons (Fsp3) is 0.500. The molecule has 0 spiro atoms. The van der Waals surface area contributed by atoms with Gasteiger partial charge in [-0.15, -0.1) is 0 Å². The Kier molecular flexibility index (Phi) is 10.6. The van der Waals surface area contributed by atoms with Crippen molar-refractivity contribution in [1.82, 2.24) is 10.6 Å². The van der Waals surface area contributed by atoms with Crippen molar-refractivity contribution >= 4 is 39.4 Å². The van der Waals surface area contributed by atoms with Gasteiger partial charge in [0, 0.05) is 29.0 Å². The first-order chi connectivity index (χ1) is 19.7. The van der Waals surface area contributed by atoms with Gasteiger partial charge < -0.3 is 22.1 Å². The predicted molar refractivity (Wildman–Crippen MR) is 167 cm³/mol. The minimum Gasteiger partial charge on any atom is -0.387 e. The van der Waals surface area contributed by atoms with E-state index in [1.807, 2.05) is 48.5 Å². The Balaban J connectivity index is 1.43. The van der Waals surface area contributed by atoms with Crippen molar-refractivity contribution in [2.45, 2.75) is 70.1 Å². The number of nitrogens with one attached hydrogen (secondary N) is 4. The molecule has 0 unspecified atom stereocenters. The Morgan fingerprint density at radius 1 is 0.951 bits per heavy atom. The average molecular weight is 624 g/mol. The number of nitrogen functional groups attached to an aromatic ring is 1. The van der Waals surface area contributed by atoms with Crippen molar-refractivity contribution in [3.63, 3.8) is 0 Å². The molecule has 220 valence electrons. The maximum atomic E-state index is 13.8. The van der Waals surface area contributed by atoms with Gasteiger partial charge in [-0.25, -0.2) is 0 Å². The van der Waals surface area contributed by atoms with E-state index in [1.165, 1.54) is 0 Å². The van der Waals surface area contributed by atoms with Gasteiger partial charge in [0.25, 0.3) is 0 Å². The van der Waals surface area contributed by atoms with E-state index >= 15 is 0 Å². The third-order valence-corrected chi connectivity index (χ3v) is 9.50. The number of hydrogen-bond acceptors (Lipinski definition) is 4. The molecule has 9 heteroatoms. The van der Waals surface area contributed by atoms with Crippen LogP contribution >= 0.6 is 15.9 Å². The number of nitrogens with two attached hydrogens (primary N) is 2. The highest BCUT2D eigenvalue weighted by molar-refractivity contribution is 9.10. The molecule has 2 saturated carbocycles. The second kappa shape index (κ2) is 14.1. The number of rotatable bonds is 11. The van der Waals surface area contributed by atoms with Crippen LogP contribution in [-0.2, 0) is 16.0 Å². The fourth-order valence-corrected chi connectivity index (χ4v) is 6.75. The molecule has 1 atom stereocenters. The van der Waals surface area contributed by atoms with Crippen LogP contribution in [0.5, 0.6) is 0 Å². The standard InChI is InChI=1S/C32H43BrN6O2/c33-26-6-4-5-25(18-26)27(17-21-7-11-23(12-8-21)28(34)35)30(40)39-20-32(15-2-1-3-16-32)31(41)38-19-22-9-13-24(14-10-22)29(36)37/h4-8,11-12,18,22,24,27H,1-3,9-10,13-17,19-20H2,(H3,34,35)(H3,36,37)(H,38,41)(H,39,40)/t22?,24?,27-/m0/s1. The molecule has 2 fully saturated rings. The zero-order chi connectivity index (χ0) is 29.4. The van der Waals surface area contributed by atoms with Gasteiger partial charge in [0.05, 0.1) is 17.2 Å². The second-order valence-electron chi connectivity index (χ2n) is 11.9. The monoisotopic (exact) mass is 622 g/mol. The first kappa shape index (κ1) is 30.8. The number of amides is 2. The Morgan fingerprint density at radius 3 is 2.24 bits per heavy atom. The minimum atomic E-state index is -0.602. The number of hydrogen-bond donors (Lipinski definition) is 6. The Hall–Kier alpha value is -3.20. The van der Waals surface area contributed by atoms with Gasteiger partial charge in [-0.2, -0.15) is 0 Å². The van der Waals surface area contributed by atoms with Crippen molar-refractivity contribution in [3.05, 3.63) is 69.7 Å². The third kappa shape index (κ3) is 8.18. The molecule has 2 aliphatic carbocycles. The smallest absolute Gasteiger partial charge is 0.228 e. The summed E-state index contributed by atoms with van der Waals surface area (Å²) in [5.74, 6) is 0.378. The van der Waals surface area contributed by atoms with E-state index in [0.717, 1.165) is 73.4 Å². The summed E-state index contributed by atoms with van der Waals surface area (Å²) < 4.78 is 0.903. The summed E-state index contributed by atoms with van der Waals surface area (Å²) in [6, 6.07) is 15.2. The highest BCUT2D eigenvalue weighted by Crippen LogP contribution is 2.37. The molecule has 2 amide bonds. The predicted octanol–water partition coefficient (Wildman–Crippen LogP) is 4.98.